The zero-order chi connectivity index (χ0) is 57.8. The van der Waals surface area contributed by atoms with Crippen LogP contribution in [-0.4, -0.2) is 37.2 Å². The van der Waals surface area contributed by atoms with Crippen molar-refractivity contribution in [3.05, 3.63) is 146 Å². The number of ether oxygens (including phenoxy) is 3. The molecule has 0 saturated carbocycles. The van der Waals surface area contributed by atoms with Crippen molar-refractivity contribution in [2.45, 2.75) is 290 Å². The molecule has 80 heavy (non-hydrogen) atoms. The van der Waals surface area contributed by atoms with E-state index in [1.165, 1.54) is 96.3 Å². The third-order valence-electron chi connectivity index (χ3n) is 13.6. The van der Waals surface area contributed by atoms with Crippen LogP contribution in [-0.2, 0) is 28.6 Å². The highest BCUT2D eigenvalue weighted by molar-refractivity contribution is 5.71. The highest BCUT2D eigenvalue weighted by Gasteiger charge is 2.19. The van der Waals surface area contributed by atoms with Crippen LogP contribution >= 0.6 is 0 Å². The summed E-state index contributed by atoms with van der Waals surface area (Å²) in [6.07, 6.45) is 96.0. The van der Waals surface area contributed by atoms with Crippen molar-refractivity contribution >= 4 is 17.9 Å². The molecule has 0 fully saturated rings. The van der Waals surface area contributed by atoms with Gasteiger partial charge in [0.2, 0.25) is 0 Å². The molecular formula is C74H120O6. The number of carbonyl (C=O) groups excluding carboxylic acids is 3. The van der Waals surface area contributed by atoms with Gasteiger partial charge in [-0.05, 0) is 122 Å². The largest absolute Gasteiger partial charge is 0.462 e. The standard InChI is InChI=1S/C74H120O6/c1-4-7-10-13-16-18-20-22-24-26-28-30-32-34-35-36-37-38-39-41-42-44-46-48-50-52-54-56-58-61-64-67-73(76)79-70-71(69-78-72(75)66-63-60-15-12-9-6-3)80-74(77)68-65-62-59-57-55-53-51-49-47-45-43-40-33-31-29-27-25-23-21-19-17-14-11-8-5-2/h7-8,10-11,16-19,22-25,28-31,34-35,37-38,40-43,71H,4-6,9,12-15,20-21,26-27,32-33,36,39,44-70H2,1-3H3/b10-7-,11-8-,18-16-,19-17-,24-22-,25-23-,30-28-,31-29-,35-34-,38-37-,42-41-,43-40-. The van der Waals surface area contributed by atoms with E-state index in [9.17, 15) is 14.4 Å². The van der Waals surface area contributed by atoms with Gasteiger partial charge in [0.15, 0.2) is 6.10 Å². The molecule has 0 heterocycles. The molecule has 0 aliphatic heterocycles. The third kappa shape index (κ3) is 64.1. The molecule has 0 aromatic carbocycles. The molecule has 0 aromatic heterocycles. The van der Waals surface area contributed by atoms with E-state index in [-0.39, 0.29) is 31.1 Å². The van der Waals surface area contributed by atoms with Gasteiger partial charge in [-0.2, -0.15) is 0 Å². The van der Waals surface area contributed by atoms with Crippen LogP contribution in [0, 0.1) is 0 Å². The Morgan fingerprint density at radius 1 is 0.263 bits per heavy atom. The zero-order valence-electron chi connectivity index (χ0n) is 51.8. The Bertz CT molecular complexity index is 1750. The predicted octanol–water partition coefficient (Wildman–Crippen LogP) is 22.7. The van der Waals surface area contributed by atoms with E-state index in [0.29, 0.717) is 19.3 Å². The summed E-state index contributed by atoms with van der Waals surface area (Å²) in [7, 11) is 0. The number of rotatable bonds is 58. The average Bonchev–Trinajstić information content (AvgIpc) is 3.46. The SMILES string of the molecule is CC/C=C\C/C=C\C/C=C\C/C=C\C/C=C\C/C=C\C/C=C\CCCCCCCCCCCC(=O)OCC(COC(=O)CCCCCCCC)OC(=O)CCCCCCCCCCC/C=C\C/C=C\C/C=C\C/C=C\C/C=C\CC. The van der Waals surface area contributed by atoms with Crippen molar-refractivity contribution in [2.24, 2.45) is 0 Å². The molecular weight excluding hydrogens is 985 g/mol. The summed E-state index contributed by atoms with van der Waals surface area (Å²) in [5.41, 5.74) is 0. The maximum Gasteiger partial charge on any atom is 0.306 e. The Hall–Kier alpha value is -4.71. The van der Waals surface area contributed by atoms with Crippen LogP contribution in [0.25, 0.3) is 0 Å². The molecule has 1 unspecified atom stereocenters. The van der Waals surface area contributed by atoms with Crippen LogP contribution in [0.5, 0.6) is 0 Å². The summed E-state index contributed by atoms with van der Waals surface area (Å²) < 4.78 is 16.8. The number of unbranched alkanes of at least 4 members (excludes halogenated alkanes) is 23. The minimum absolute atomic E-state index is 0.0855. The van der Waals surface area contributed by atoms with E-state index in [1.807, 2.05) is 0 Å². The summed E-state index contributed by atoms with van der Waals surface area (Å²) in [5.74, 6) is -0.907. The second-order valence-corrected chi connectivity index (χ2v) is 21.3. The van der Waals surface area contributed by atoms with Crippen molar-refractivity contribution in [3.63, 3.8) is 0 Å². The van der Waals surface area contributed by atoms with E-state index >= 15 is 0 Å². The zero-order valence-corrected chi connectivity index (χ0v) is 51.8. The fourth-order valence-electron chi connectivity index (χ4n) is 8.74. The van der Waals surface area contributed by atoms with Crippen LogP contribution in [0.15, 0.2) is 146 Å². The van der Waals surface area contributed by atoms with E-state index < -0.39 is 6.10 Å². The van der Waals surface area contributed by atoms with Gasteiger partial charge in [0, 0.05) is 19.3 Å². The minimum Gasteiger partial charge on any atom is -0.462 e. The summed E-state index contributed by atoms with van der Waals surface area (Å²) >= 11 is 0. The second kappa shape index (κ2) is 66.8. The van der Waals surface area contributed by atoms with Gasteiger partial charge < -0.3 is 14.2 Å². The first-order chi connectivity index (χ1) is 39.5. The maximum absolute atomic E-state index is 12.9. The quantitative estimate of drug-likeness (QED) is 0.0261. The van der Waals surface area contributed by atoms with Crippen molar-refractivity contribution in [3.8, 4) is 0 Å². The number of esters is 3. The van der Waals surface area contributed by atoms with Crippen LogP contribution in [0.3, 0.4) is 0 Å². The van der Waals surface area contributed by atoms with Crippen molar-refractivity contribution in [1.82, 2.24) is 0 Å². The molecule has 0 aliphatic carbocycles. The van der Waals surface area contributed by atoms with Crippen LogP contribution in [0.1, 0.15) is 284 Å². The molecule has 0 aliphatic rings. The molecule has 6 nitrogen and oxygen atoms in total. The molecule has 452 valence electrons. The van der Waals surface area contributed by atoms with Crippen molar-refractivity contribution in [2.75, 3.05) is 13.2 Å². The highest BCUT2D eigenvalue weighted by Crippen LogP contribution is 2.15. The van der Waals surface area contributed by atoms with E-state index in [2.05, 4.69) is 167 Å². The first-order valence-corrected chi connectivity index (χ1v) is 32.8. The van der Waals surface area contributed by atoms with Gasteiger partial charge in [0.25, 0.3) is 0 Å². The molecule has 6 heteroatoms. The molecule has 0 aromatic rings. The molecule has 1 atom stereocenters. The van der Waals surface area contributed by atoms with Crippen LogP contribution in [0.2, 0.25) is 0 Å². The van der Waals surface area contributed by atoms with Gasteiger partial charge >= 0.3 is 17.9 Å². The molecule has 0 radical (unpaired) electrons. The summed E-state index contributed by atoms with van der Waals surface area (Å²) in [4.78, 5) is 38.1. The topological polar surface area (TPSA) is 78.9 Å². The van der Waals surface area contributed by atoms with Crippen LogP contribution < -0.4 is 0 Å². The third-order valence-corrected chi connectivity index (χ3v) is 13.6. The number of carbonyl (C=O) groups is 3. The highest BCUT2D eigenvalue weighted by atomic mass is 16.6. The summed E-state index contributed by atoms with van der Waals surface area (Å²) in [6, 6.07) is 0. The molecule has 0 rings (SSSR count). The minimum atomic E-state index is -0.787. The van der Waals surface area contributed by atoms with Gasteiger partial charge in [-0.3, -0.25) is 14.4 Å². The number of hydrogen-bond acceptors (Lipinski definition) is 6. The average molecular weight is 1110 g/mol. The first kappa shape index (κ1) is 75.3. The van der Waals surface area contributed by atoms with Gasteiger partial charge in [-0.25, -0.2) is 0 Å². The monoisotopic (exact) mass is 1100 g/mol. The number of allylic oxidation sites excluding steroid dienone is 24. The van der Waals surface area contributed by atoms with Gasteiger partial charge in [0.05, 0.1) is 0 Å². The fourth-order valence-corrected chi connectivity index (χ4v) is 8.74. The van der Waals surface area contributed by atoms with Crippen molar-refractivity contribution in [1.29, 1.82) is 0 Å². The lowest BCUT2D eigenvalue weighted by Crippen LogP contribution is -2.30. The molecule has 0 N–H and O–H groups in total. The molecule has 0 spiro atoms. The van der Waals surface area contributed by atoms with Gasteiger partial charge in [-0.15, -0.1) is 0 Å². The first-order valence-electron chi connectivity index (χ1n) is 32.8. The lowest BCUT2D eigenvalue weighted by Gasteiger charge is -2.18. The summed E-state index contributed by atoms with van der Waals surface area (Å²) in [6.45, 7) is 6.35. The second-order valence-electron chi connectivity index (χ2n) is 21.3. The van der Waals surface area contributed by atoms with Gasteiger partial charge in [-0.1, -0.05) is 289 Å². The van der Waals surface area contributed by atoms with E-state index in [4.69, 9.17) is 14.2 Å². The lowest BCUT2D eigenvalue weighted by atomic mass is 10.1. The normalized spacial score (nSPS) is 13.1. The maximum atomic E-state index is 12.9. The molecule has 0 bridgehead atoms. The lowest BCUT2D eigenvalue weighted by molar-refractivity contribution is -0.167. The smallest absolute Gasteiger partial charge is 0.306 e. The Kier molecular flexibility index (Phi) is 62.9. The predicted molar refractivity (Wildman–Crippen MR) is 348 cm³/mol. The molecule has 0 saturated heterocycles. The van der Waals surface area contributed by atoms with E-state index in [1.54, 1.807) is 0 Å². The Balaban J connectivity index is 4.14. The summed E-state index contributed by atoms with van der Waals surface area (Å²) in [5, 5.41) is 0. The Morgan fingerprint density at radius 3 is 0.762 bits per heavy atom. The fraction of sp³-hybridized carbons (Fsp3) is 0.635. The number of hydrogen-bond donors (Lipinski definition) is 0. The van der Waals surface area contributed by atoms with Crippen LogP contribution in [0.4, 0.5) is 0 Å². The molecule has 0 amide bonds. The van der Waals surface area contributed by atoms with Crippen molar-refractivity contribution < 1.29 is 28.6 Å². The van der Waals surface area contributed by atoms with Gasteiger partial charge in [0.1, 0.15) is 13.2 Å². The Morgan fingerprint density at radius 2 is 0.487 bits per heavy atom. The van der Waals surface area contributed by atoms with E-state index in [0.717, 1.165) is 148 Å². The Labute approximate surface area is 493 Å².